The third-order valence-corrected chi connectivity index (χ3v) is 4.80. The number of nitriles is 2. The predicted molar refractivity (Wildman–Crippen MR) is 59.3 cm³/mol. The maximum atomic E-state index is 9.66. The monoisotopic (exact) mass is 247 g/mol. The molecule has 2 aliphatic heterocycles. The summed E-state index contributed by atoms with van der Waals surface area (Å²) in [5.41, 5.74) is 3.21. The van der Waals surface area contributed by atoms with Crippen molar-refractivity contribution in [3.63, 3.8) is 0 Å². The first-order valence-corrected chi connectivity index (χ1v) is 5.90. The molecule has 1 saturated carbocycles. The molecule has 2 heterocycles. The Morgan fingerprint density at radius 2 is 2.06 bits per heavy atom. The van der Waals surface area contributed by atoms with E-state index in [1.165, 1.54) is 0 Å². The van der Waals surface area contributed by atoms with E-state index in [4.69, 9.17) is 15.2 Å². The van der Waals surface area contributed by atoms with Crippen LogP contribution in [0.15, 0.2) is 0 Å². The first-order valence-electron chi connectivity index (χ1n) is 5.90. The zero-order valence-corrected chi connectivity index (χ0v) is 10.6. The molecule has 0 amide bonds. The van der Waals surface area contributed by atoms with Crippen molar-refractivity contribution in [2.45, 2.75) is 32.8 Å². The molecule has 2 fully saturated rings. The number of nitrogens with zero attached hydrogens (tertiary/aromatic N) is 2. The molecule has 0 aromatic carbocycles. The van der Waals surface area contributed by atoms with Gasteiger partial charge >= 0.3 is 5.91 Å². The van der Waals surface area contributed by atoms with Crippen LogP contribution in [0.25, 0.3) is 0 Å². The number of ether oxygens (including phenoxy) is 2. The van der Waals surface area contributed by atoms with Gasteiger partial charge in [0, 0.05) is 5.41 Å². The highest BCUT2D eigenvalue weighted by Crippen LogP contribution is 2.82. The average molecular weight is 247 g/mol. The van der Waals surface area contributed by atoms with Gasteiger partial charge in [0.2, 0.25) is 0 Å². The van der Waals surface area contributed by atoms with Crippen LogP contribution in [0.2, 0.25) is 0 Å². The number of rotatable bonds is 0. The van der Waals surface area contributed by atoms with Crippen LogP contribution in [-0.4, -0.2) is 24.5 Å². The molecule has 94 valence electrons. The van der Waals surface area contributed by atoms with Crippen molar-refractivity contribution >= 4 is 5.84 Å². The number of amidine groups is 1. The van der Waals surface area contributed by atoms with Gasteiger partial charge in [-0.3, -0.25) is 5.73 Å². The second-order valence-corrected chi connectivity index (χ2v) is 5.74. The van der Waals surface area contributed by atoms with E-state index < -0.39 is 22.2 Å². The van der Waals surface area contributed by atoms with Crippen LogP contribution >= 0.6 is 0 Å². The van der Waals surface area contributed by atoms with Gasteiger partial charge in [0.05, 0.1) is 24.8 Å². The lowest BCUT2D eigenvalue weighted by Crippen LogP contribution is -2.90. The quantitative estimate of drug-likeness (QED) is 0.547. The first-order chi connectivity index (χ1) is 8.35. The third kappa shape index (κ3) is 0.705. The van der Waals surface area contributed by atoms with Crippen LogP contribution < -0.4 is 10.7 Å². The number of nitrogens with two attached hydrogens (primary N) is 1. The van der Waals surface area contributed by atoms with Crippen molar-refractivity contribution in [2.24, 2.45) is 22.0 Å². The molecule has 18 heavy (non-hydrogen) atoms. The number of hydrogen-bond donors (Lipinski definition) is 2. The lowest BCUT2D eigenvalue weighted by atomic mass is 9.93. The van der Waals surface area contributed by atoms with E-state index in [9.17, 15) is 10.5 Å². The standard InChI is InChI=1S/C12H14N4O2/c1-7-4-17-12(18-7)11(6-14)9(2,3)10(11,5-13)8(15)16-12/h7H,4H2,1-3H3,(H2,15,16)/p+1/t7-,10+,11-,12-/m1/s1. The minimum Gasteiger partial charge on any atom is -0.311 e. The number of fused-ring (bicyclic) bond motifs is 2. The molecule has 1 saturated heterocycles. The summed E-state index contributed by atoms with van der Waals surface area (Å²) in [4.78, 5) is 2.90. The highest BCUT2D eigenvalue weighted by molar-refractivity contribution is 5.94. The molecule has 0 bridgehead atoms. The summed E-state index contributed by atoms with van der Waals surface area (Å²) in [7, 11) is 0. The highest BCUT2D eigenvalue weighted by Gasteiger charge is 3.01. The normalized spacial score (nSPS) is 51.4. The van der Waals surface area contributed by atoms with E-state index in [1.54, 1.807) is 0 Å². The summed E-state index contributed by atoms with van der Waals surface area (Å²) in [6.45, 7) is 5.94. The molecule has 1 spiro atoms. The fraction of sp³-hybridized carbons (Fsp3) is 0.750. The van der Waals surface area contributed by atoms with Gasteiger partial charge in [0.25, 0.3) is 5.84 Å². The SMILES string of the molecule is C[C@@H]1CO[C@@]2([NH+]=C(N)[C@@]3(C#N)C(C)(C)[C@@]23C#N)O1. The Labute approximate surface area is 105 Å². The Bertz CT molecular complexity index is 557. The summed E-state index contributed by atoms with van der Waals surface area (Å²) < 4.78 is 11.5. The molecule has 4 atom stereocenters. The second kappa shape index (κ2) is 2.69. The maximum Gasteiger partial charge on any atom is 0.343 e. The Kier molecular flexibility index (Phi) is 1.71. The molecule has 0 aromatic rings. The molecule has 0 unspecified atom stereocenters. The van der Waals surface area contributed by atoms with Gasteiger partial charge in [0.15, 0.2) is 10.8 Å². The van der Waals surface area contributed by atoms with Crippen LogP contribution in [0.3, 0.4) is 0 Å². The average Bonchev–Trinajstić information content (AvgIpc) is 2.56. The number of nitrogens with one attached hydrogen (secondary N) is 1. The van der Waals surface area contributed by atoms with Crippen LogP contribution in [-0.2, 0) is 9.47 Å². The van der Waals surface area contributed by atoms with Crippen molar-refractivity contribution in [3.8, 4) is 12.1 Å². The smallest absolute Gasteiger partial charge is 0.311 e. The Morgan fingerprint density at radius 1 is 1.39 bits per heavy atom. The highest BCUT2D eigenvalue weighted by atomic mass is 16.8. The van der Waals surface area contributed by atoms with Gasteiger partial charge in [-0.2, -0.15) is 10.5 Å². The van der Waals surface area contributed by atoms with Crippen molar-refractivity contribution < 1.29 is 14.5 Å². The zero-order valence-electron chi connectivity index (χ0n) is 10.6. The molecule has 6 nitrogen and oxygen atoms in total. The molecular weight excluding hydrogens is 232 g/mol. The zero-order chi connectivity index (χ0) is 13.4. The van der Waals surface area contributed by atoms with Gasteiger partial charge in [0.1, 0.15) is 0 Å². The van der Waals surface area contributed by atoms with Crippen molar-refractivity contribution in [2.75, 3.05) is 6.61 Å². The van der Waals surface area contributed by atoms with E-state index in [-0.39, 0.29) is 11.9 Å². The van der Waals surface area contributed by atoms with Gasteiger partial charge in [-0.15, -0.1) is 0 Å². The maximum absolute atomic E-state index is 9.66. The number of hydrogen-bond acceptors (Lipinski definition) is 5. The van der Waals surface area contributed by atoms with Crippen LogP contribution in [0.1, 0.15) is 20.8 Å². The third-order valence-electron chi connectivity index (χ3n) is 4.80. The molecule has 3 N–H and O–H groups in total. The predicted octanol–water partition coefficient (Wildman–Crippen LogP) is -1.41. The summed E-state index contributed by atoms with van der Waals surface area (Å²) in [6, 6.07) is 4.45. The molecule has 1 aliphatic carbocycles. The van der Waals surface area contributed by atoms with Gasteiger partial charge in [-0.05, 0) is 6.92 Å². The fourth-order valence-corrected chi connectivity index (χ4v) is 3.87. The molecule has 3 aliphatic rings. The van der Waals surface area contributed by atoms with E-state index >= 15 is 0 Å². The Balaban J connectivity index is 2.24. The lowest BCUT2D eigenvalue weighted by Gasteiger charge is -2.25. The largest absolute Gasteiger partial charge is 0.343 e. The fourth-order valence-electron chi connectivity index (χ4n) is 3.87. The van der Waals surface area contributed by atoms with Crippen molar-refractivity contribution in [1.29, 1.82) is 10.5 Å². The van der Waals surface area contributed by atoms with E-state index in [0.717, 1.165) is 0 Å². The minimum atomic E-state index is -1.29. The van der Waals surface area contributed by atoms with E-state index in [2.05, 4.69) is 17.1 Å². The summed E-state index contributed by atoms with van der Waals surface area (Å²) >= 11 is 0. The first kappa shape index (κ1) is 11.5. The summed E-state index contributed by atoms with van der Waals surface area (Å²) in [5, 5.41) is 19.2. The van der Waals surface area contributed by atoms with Gasteiger partial charge < -0.3 is 9.47 Å². The van der Waals surface area contributed by atoms with E-state index in [1.807, 2.05) is 20.8 Å². The van der Waals surface area contributed by atoms with Crippen molar-refractivity contribution in [3.05, 3.63) is 0 Å². The van der Waals surface area contributed by atoms with Crippen LogP contribution in [0.4, 0.5) is 0 Å². The van der Waals surface area contributed by atoms with Gasteiger partial charge in [-0.25, -0.2) is 4.99 Å². The Hall–Kier alpha value is -1.63. The summed E-state index contributed by atoms with van der Waals surface area (Å²) in [5.74, 6) is -1.02. The van der Waals surface area contributed by atoms with Crippen molar-refractivity contribution in [1.82, 2.24) is 0 Å². The molecule has 0 radical (unpaired) electrons. The molecule has 0 aromatic heterocycles. The molecular formula is C12H15N4O2+. The van der Waals surface area contributed by atoms with E-state index in [0.29, 0.717) is 6.61 Å². The minimum absolute atomic E-state index is 0.138. The second-order valence-electron chi connectivity index (χ2n) is 5.74. The van der Waals surface area contributed by atoms with Crippen LogP contribution in [0, 0.1) is 38.9 Å². The Morgan fingerprint density at radius 3 is 2.44 bits per heavy atom. The molecule has 3 rings (SSSR count). The summed E-state index contributed by atoms with van der Waals surface area (Å²) in [6.07, 6.45) is -0.138. The molecule has 6 heteroatoms. The lowest BCUT2D eigenvalue weighted by molar-refractivity contribution is -0.679. The van der Waals surface area contributed by atoms with Gasteiger partial charge in [-0.1, -0.05) is 13.8 Å². The topological polar surface area (TPSA) is 106 Å². The van der Waals surface area contributed by atoms with Crippen LogP contribution in [0.5, 0.6) is 0 Å².